The number of nitrogens with one attached hydrogen (secondary N) is 1. The summed E-state index contributed by atoms with van der Waals surface area (Å²) in [4.78, 5) is 18.5. The van der Waals surface area contributed by atoms with E-state index in [1.807, 2.05) is 18.2 Å². The Morgan fingerprint density at radius 1 is 1.27 bits per heavy atom. The predicted octanol–water partition coefficient (Wildman–Crippen LogP) is 4.85. The van der Waals surface area contributed by atoms with Crippen LogP contribution in [0, 0.1) is 0 Å². The van der Waals surface area contributed by atoms with Crippen LogP contribution in [-0.4, -0.2) is 36.0 Å². The number of benzene rings is 1. The van der Waals surface area contributed by atoms with E-state index in [9.17, 15) is 4.79 Å². The van der Waals surface area contributed by atoms with E-state index in [0.29, 0.717) is 12.4 Å². The van der Waals surface area contributed by atoms with Gasteiger partial charge in [0, 0.05) is 18.7 Å². The number of H-pyrrole nitrogens is 1. The molecule has 0 spiro atoms. The number of hydrogen-bond donors (Lipinski definition) is 2. The van der Waals surface area contributed by atoms with Crippen molar-refractivity contribution in [2.45, 2.75) is 57.7 Å². The van der Waals surface area contributed by atoms with E-state index in [1.165, 1.54) is 11.8 Å². The van der Waals surface area contributed by atoms with Crippen molar-refractivity contribution in [1.82, 2.24) is 9.97 Å². The average Bonchev–Trinajstić information content (AvgIpc) is 3.05. The number of aromatic nitrogens is 2. The molecule has 5 nitrogen and oxygen atoms in total. The molecule has 1 atom stereocenters. The largest absolute Gasteiger partial charge is 0.476 e. The van der Waals surface area contributed by atoms with Crippen LogP contribution < -0.4 is 0 Å². The first kappa shape index (κ1) is 20.4. The van der Waals surface area contributed by atoms with Crippen molar-refractivity contribution in [3.63, 3.8) is 0 Å². The number of imidazole rings is 1. The summed E-state index contributed by atoms with van der Waals surface area (Å²) in [5.41, 5.74) is 1.31. The third-order valence-corrected chi connectivity index (χ3v) is 9.78. The highest BCUT2D eigenvalue weighted by atomic mass is 28.4. The van der Waals surface area contributed by atoms with Crippen LogP contribution >= 0.6 is 0 Å². The van der Waals surface area contributed by atoms with Crippen molar-refractivity contribution in [2.75, 3.05) is 6.61 Å². The first-order valence-electron chi connectivity index (χ1n) is 9.06. The van der Waals surface area contributed by atoms with Crippen molar-refractivity contribution < 1.29 is 14.3 Å². The first-order chi connectivity index (χ1) is 12.1. The van der Waals surface area contributed by atoms with E-state index >= 15 is 0 Å². The minimum atomic E-state index is -1.88. The summed E-state index contributed by atoms with van der Waals surface area (Å²) < 4.78 is 6.40. The molecule has 0 aliphatic carbocycles. The van der Waals surface area contributed by atoms with E-state index in [0.717, 1.165) is 12.8 Å². The Bertz CT molecular complexity index is 720. The van der Waals surface area contributed by atoms with Gasteiger partial charge in [-0.15, -0.1) is 0 Å². The molecule has 0 aliphatic heterocycles. The summed E-state index contributed by atoms with van der Waals surface area (Å²) in [6, 6.07) is 10.3. The van der Waals surface area contributed by atoms with E-state index < -0.39 is 14.3 Å². The molecule has 1 aromatic carbocycles. The molecule has 0 unspecified atom stereocenters. The number of aromatic carboxylic acids is 1. The molecule has 0 saturated heterocycles. The van der Waals surface area contributed by atoms with Crippen LogP contribution in [0.4, 0.5) is 0 Å². The van der Waals surface area contributed by atoms with Gasteiger partial charge in [0.15, 0.2) is 14.0 Å². The SMILES string of the molecule is CC(C)(C)[Si](C)(C)OC[C@@H](CCc1ccccc1)c1nc(C(=O)O)c[nH]1. The fraction of sp³-hybridized carbons (Fsp3) is 0.500. The molecule has 6 heteroatoms. The van der Waals surface area contributed by atoms with Crippen molar-refractivity contribution >= 4 is 14.3 Å². The number of carboxylic acid groups (broad SMARTS) is 1. The van der Waals surface area contributed by atoms with E-state index in [4.69, 9.17) is 9.53 Å². The van der Waals surface area contributed by atoms with Gasteiger partial charge in [-0.3, -0.25) is 0 Å². The normalized spacial score (nSPS) is 13.6. The van der Waals surface area contributed by atoms with Crippen molar-refractivity contribution in [3.05, 3.63) is 53.6 Å². The zero-order valence-electron chi connectivity index (χ0n) is 16.4. The fourth-order valence-corrected chi connectivity index (χ4v) is 3.52. The van der Waals surface area contributed by atoms with E-state index in [-0.39, 0.29) is 16.7 Å². The molecule has 0 saturated carbocycles. The van der Waals surface area contributed by atoms with E-state index in [2.05, 4.69) is 56.0 Å². The molecule has 0 bridgehead atoms. The third-order valence-electron chi connectivity index (χ3n) is 5.28. The Labute approximate surface area is 157 Å². The lowest BCUT2D eigenvalue weighted by Crippen LogP contribution is -2.41. The zero-order chi connectivity index (χ0) is 19.4. The number of rotatable bonds is 8. The van der Waals surface area contributed by atoms with Gasteiger partial charge in [-0.05, 0) is 36.5 Å². The summed E-state index contributed by atoms with van der Waals surface area (Å²) in [7, 11) is -1.88. The summed E-state index contributed by atoms with van der Waals surface area (Å²) in [6.07, 6.45) is 3.21. The molecular weight excluding hydrogens is 344 g/mol. The smallest absolute Gasteiger partial charge is 0.356 e. The highest BCUT2D eigenvalue weighted by Crippen LogP contribution is 2.37. The van der Waals surface area contributed by atoms with Gasteiger partial charge in [-0.25, -0.2) is 9.78 Å². The number of nitrogens with zero attached hydrogens (tertiary/aromatic N) is 1. The highest BCUT2D eigenvalue weighted by molar-refractivity contribution is 6.74. The van der Waals surface area contributed by atoms with Crippen molar-refractivity contribution in [1.29, 1.82) is 0 Å². The molecule has 2 N–H and O–H groups in total. The molecule has 26 heavy (non-hydrogen) atoms. The molecule has 1 aromatic heterocycles. The molecular formula is C20H30N2O3Si. The summed E-state index contributed by atoms with van der Waals surface area (Å²) >= 11 is 0. The van der Waals surface area contributed by atoms with Crippen LogP contribution in [0.25, 0.3) is 0 Å². The Kier molecular flexibility index (Phi) is 6.42. The molecule has 0 aliphatic rings. The van der Waals surface area contributed by atoms with Gasteiger partial charge in [-0.1, -0.05) is 51.1 Å². The number of carboxylic acids is 1. The first-order valence-corrected chi connectivity index (χ1v) is 12.0. The predicted molar refractivity (Wildman–Crippen MR) is 106 cm³/mol. The van der Waals surface area contributed by atoms with Gasteiger partial charge in [-0.2, -0.15) is 0 Å². The molecule has 0 amide bonds. The Morgan fingerprint density at radius 3 is 2.46 bits per heavy atom. The monoisotopic (exact) mass is 374 g/mol. The molecule has 2 aromatic rings. The minimum Gasteiger partial charge on any atom is -0.476 e. The molecule has 0 radical (unpaired) electrons. The summed E-state index contributed by atoms with van der Waals surface area (Å²) in [5.74, 6) is -0.283. The van der Waals surface area contributed by atoms with Gasteiger partial charge in [0.25, 0.3) is 0 Å². The standard InChI is InChI=1S/C20H30N2O3Si/c1-20(2,3)26(4,5)25-14-16(12-11-15-9-7-6-8-10-15)18-21-13-17(22-18)19(23)24/h6-10,13,16H,11-12,14H2,1-5H3,(H,21,22)(H,23,24)/t16-/m1/s1. The maximum Gasteiger partial charge on any atom is 0.356 e. The maximum absolute atomic E-state index is 11.2. The molecule has 2 rings (SSSR count). The number of hydrogen-bond acceptors (Lipinski definition) is 3. The van der Waals surface area contributed by atoms with Crippen LogP contribution in [0.5, 0.6) is 0 Å². The number of aromatic amines is 1. The van der Waals surface area contributed by atoms with Crippen LogP contribution in [0.2, 0.25) is 18.1 Å². The fourth-order valence-electron chi connectivity index (χ4n) is 2.47. The van der Waals surface area contributed by atoms with Crippen LogP contribution in [-0.2, 0) is 10.8 Å². The third kappa shape index (κ3) is 5.29. The van der Waals surface area contributed by atoms with Gasteiger partial charge < -0.3 is 14.5 Å². The van der Waals surface area contributed by atoms with Gasteiger partial charge >= 0.3 is 5.97 Å². The van der Waals surface area contributed by atoms with Crippen LogP contribution in [0.1, 0.15) is 55.0 Å². The van der Waals surface area contributed by atoms with Gasteiger partial charge in [0.2, 0.25) is 0 Å². The zero-order valence-corrected chi connectivity index (χ0v) is 17.4. The number of aryl methyl sites for hydroxylation is 1. The van der Waals surface area contributed by atoms with Gasteiger partial charge in [0.05, 0.1) is 0 Å². The van der Waals surface area contributed by atoms with Gasteiger partial charge in [0.1, 0.15) is 5.82 Å². The summed E-state index contributed by atoms with van der Waals surface area (Å²) in [6.45, 7) is 11.7. The summed E-state index contributed by atoms with van der Waals surface area (Å²) in [5, 5.41) is 9.28. The molecule has 142 valence electrons. The Hall–Kier alpha value is -1.92. The highest BCUT2D eigenvalue weighted by Gasteiger charge is 2.37. The molecule has 0 fully saturated rings. The van der Waals surface area contributed by atoms with Crippen molar-refractivity contribution in [3.8, 4) is 0 Å². The lowest BCUT2D eigenvalue weighted by molar-refractivity contribution is 0.0690. The van der Waals surface area contributed by atoms with Crippen LogP contribution in [0.15, 0.2) is 36.5 Å². The Morgan fingerprint density at radius 2 is 1.92 bits per heavy atom. The topological polar surface area (TPSA) is 75.2 Å². The molecule has 1 heterocycles. The van der Waals surface area contributed by atoms with E-state index in [1.54, 1.807) is 0 Å². The average molecular weight is 375 g/mol. The Balaban J connectivity index is 2.13. The minimum absolute atomic E-state index is 0.0393. The van der Waals surface area contributed by atoms with Crippen molar-refractivity contribution in [2.24, 2.45) is 0 Å². The van der Waals surface area contributed by atoms with Crippen LogP contribution in [0.3, 0.4) is 0 Å². The second kappa shape index (κ2) is 8.18. The lowest BCUT2D eigenvalue weighted by Gasteiger charge is -2.37. The second-order valence-corrected chi connectivity index (χ2v) is 13.1. The quantitative estimate of drug-likeness (QED) is 0.648. The second-order valence-electron chi connectivity index (χ2n) is 8.27. The lowest BCUT2D eigenvalue weighted by atomic mass is 9.99. The number of carbonyl (C=O) groups is 1. The maximum atomic E-state index is 11.2.